The van der Waals surface area contributed by atoms with Crippen LogP contribution >= 0.6 is 0 Å². The minimum Gasteiger partial charge on any atom is -0.392 e. The van der Waals surface area contributed by atoms with Crippen molar-refractivity contribution in [1.82, 2.24) is 5.48 Å². The fraction of sp³-hybridized carbons (Fsp3) is 1.00. The van der Waals surface area contributed by atoms with E-state index in [-0.39, 0.29) is 6.10 Å². The highest BCUT2D eigenvalue weighted by atomic mass is 16.7. The molecule has 66 valence electrons. The molecule has 0 amide bonds. The monoisotopic (exact) mass is 159 g/mol. The molecular formula is C8H17NO2. The molecular weight excluding hydrogens is 142 g/mol. The third-order valence-electron chi connectivity index (χ3n) is 1.93. The summed E-state index contributed by atoms with van der Waals surface area (Å²) < 4.78 is 0. The second kappa shape index (κ2) is 4.70. The average Bonchev–Trinajstić information content (AvgIpc) is 2.39. The summed E-state index contributed by atoms with van der Waals surface area (Å²) in [5.74, 6) is 0. The molecule has 1 saturated carbocycles. The maximum Gasteiger partial charge on any atom is 0.0790 e. The van der Waals surface area contributed by atoms with Crippen LogP contribution in [0.4, 0.5) is 0 Å². The molecule has 1 atom stereocenters. The van der Waals surface area contributed by atoms with E-state index >= 15 is 0 Å². The Morgan fingerprint density at radius 3 is 2.73 bits per heavy atom. The molecule has 1 rings (SSSR count). The fourth-order valence-corrected chi connectivity index (χ4v) is 1.29. The van der Waals surface area contributed by atoms with Gasteiger partial charge in [0.1, 0.15) is 0 Å². The Labute approximate surface area is 67.7 Å². The Bertz CT molecular complexity index is 100. The molecule has 2 N–H and O–H groups in total. The van der Waals surface area contributed by atoms with Gasteiger partial charge in [-0.05, 0) is 19.8 Å². The molecule has 0 radical (unpaired) electrons. The van der Waals surface area contributed by atoms with Crippen LogP contribution in [0.1, 0.15) is 32.6 Å². The first-order valence-corrected chi connectivity index (χ1v) is 4.35. The van der Waals surface area contributed by atoms with Crippen molar-refractivity contribution in [1.29, 1.82) is 0 Å². The summed E-state index contributed by atoms with van der Waals surface area (Å²) in [6.45, 7) is 2.27. The van der Waals surface area contributed by atoms with E-state index in [1.54, 1.807) is 6.92 Å². The van der Waals surface area contributed by atoms with E-state index in [4.69, 9.17) is 9.94 Å². The molecule has 0 aromatic rings. The van der Waals surface area contributed by atoms with Crippen molar-refractivity contribution >= 4 is 0 Å². The summed E-state index contributed by atoms with van der Waals surface area (Å²) in [5.41, 5.74) is 2.78. The fourth-order valence-electron chi connectivity index (χ4n) is 1.29. The van der Waals surface area contributed by atoms with Gasteiger partial charge in [0.2, 0.25) is 0 Å². The van der Waals surface area contributed by atoms with E-state index < -0.39 is 0 Å². The highest BCUT2D eigenvalue weighted by molar-refractivity contribution is 4.65. The minimum absolute atomic E-state index is 0.323. The van der Waals surface area contributed by atoms with Gasteiger partial charge >= 0.3 is 0 Å². The van der Waals surface area contributed by atoms with Gasteiger partial charge < -0.3 is 5.11 Å². The highest BCUT2D eigenvalue weighted by Crippen LogP contribution is 2.19. The molecule has 1 aliphatic rings. The van der Waals surface area contributed by atoms with Crippen molar-refractivity contribution in [3.63, 3.8) is 0 Å². The first-order chi connectivity index (χ1) is 5.29. The Balaban J connectivity index is 1.94. The van der Waals surface area contributed by atoms with E-state index in [0.29, 0.717) is 12.6 Å². The SMILES string of the molecule is C[C@H](O)CNOC1CCCC1. The molecule has 3 nitrogen and oxygen atoms in total. The van der Waals surface area contributed by atoms with Crippen molar-refractivity contribution in [2.45, 2.75) is 44.8 Å². The largest absolute Gasteiger partial charge is 0.392 e. The number of aliphatic hydroxyl groups excluding tert-OH is 1. The Morgan fingerprint density at radius 2 is 2.18 bits per heavy atom. The average molecular weight is 159 g/mol. The summed E-state index contributed by atoms with van der Waals surface area (Å²) in [7, 11) is 0. The number of hydrogen-bond acceptors (Lipinski definition) is 3. The summed E-state index contributed by atoms with van der Waals surface area (Å²) in [5, 5.41) is 8.88. The van der Waals surface area contributed by atoms with Crippen LogP contribution in [-0.4, -0.2) is 23.9 Å². The van der Waals surface area contributed by atoms with E-state index in [2.05, 4.69) is 5.48 Å². The third-order valence-corrected chi connectivity index (χ3v) is 1.93. The zero-order valence-electron chi connectivity index (χ0n) is 7.05. The first-order valence-electron chi connectivity index (χ1n) is 4.35. The zero-order valence-corrected chi connectivity index (χ0v) is 7.05. The third kappa shape index (κ3) is 3.70. The van der Waals surface area contributed by atoms with E-state index in [1.165, 1.54) is 12.8 Å². The molecule has 0 spiro atoms. The maximum atomic E-state index is 8.88. The summed E-state index contributed by atoms with van der Waals surface area (Å²) in [6.07, 6.45) is 4.94. The molecule has 0 aromatic carbocycles. The van der Waals surface area contributed by atoms with Gasteiger partial charge in [-0.1, -0.05) is 12.8 Å². The van der Waals surface area contributed by atoms with Gasteiger partial charge in [-0.15, -0.1) is 0 Å². The zero-order chi connectivity index (χ0) is 8.10. The van der Waals surface area contributed by atoms with Crippen LogP contribution in [0, 0.1) is 0 Å². The Kier molecular flexibility index (Phi) is 3.83. The molecule has 0 aliphatic heterocycles. The second-order valence-corrected chi connectivity index (χ2v) is 3.22. The van der Waals surface area contributed by atoms with Crippen molar-refractivity contribution in [2.24, 2.45) is 0 Å². The molecule has 0 bridgehead atoms. The normalized spacial score (nSPS) is 22.4. The lowest BCUT2D eigenvalue weighted by Crippen LogP contribution is -2.28. The van der Waals surface area contributed by atoms with Crippen molar-refractivity contribution in [2.75, 3.05) is 6.54 Å². The van der Waals surface area contributed by atoms with Crippen molar-refractivity contribution in [3.8, 4) is 0 Å². The number of hydrogen-bond donors (Lipinski definition) is 2. The smallest absolute Gasteiger partial charge is 0.0790 e. The molecule has 0 heterocycles. The lowest BCUT2D eigenvalue weighted by atomic mass is 10.3. The van der Waals surface area contributed by atoms with E-state index in [9.17, 15) is 0 Å². The molecule has 3 heteroatoms. The minimum atomic E-state index is -0.323. The van der Waals surface area contributed by atoms with Gasteiger partial charge in [-0.3, -0.25) is 4.84 Å². The van der Waals surface area contributed by atoms with Crippen LogP contribution in [-0.2, 0) is 4.84 Å². The van der Waals surface area contributed by atoms with Gasteiger partial charge in [0.15, 0.2) is 0 Å². The van der Waals surface area contributed by atoms with Crippen molar-refractivity contribution < 1.29 is 9.94 Å². The number of hydroxylamine groups is 1. The molecule has 0 unspecified atom stereocenters. The number of aliphatic hydroxyl groups is 1. The quantitative estimate of drug-likeness (QED) is 0.597. The topological polar surface area (TPSA) is 41.5 Å². The van der Waals surface area contributed by atoms with Crippen LogP contribution in [0.3, 0.4) is 0 Å². The number of rotatable bonds is 4. The highest BCUT2D eigenvalue weighted by Gasteiger charge is 2.15. The van der Waals surface area contributed by atoms with Crippen LogP contribution in [0.5, 0.6) is 0 Å². The molecule has 0 saturated heterocycles. The predicted octanol–water partition coefficient (Wildman–Crippen LogP) is 0.831. The van der Waals surface area contributed by atoms with Gasteiger partial charge in [0, 0.05) is 6.54 Å². The predicted molar refractivity (Wildman–Crippen MR) is 43.0 cm³/mol. The van der Waals surface area contributed by atoms with Crippen molar-refractivity contribution in [3.05, 3.63) is 0 Å². The summed E-state index contributed by atoms with van der Waals surface area (Å²) in [4.78, 5) is 5.30. The maximum absolute atomic E-state index is 8.88. The van der Waals surface area contributed by atoms with E-state index in [1.807, 2.05) is 0 Å². The summed E-state index contributed by atoms with van der Waals surface area (Å²) >= 11 is 0. The van der Waals surface area contributed by atoms with Gasteiger partial charge in [-0.2, -0.15) is 5.48 Å². The van der Waals surface area contributed by atoms with Gasteiger partial charge in [-0.25, -0.2) is 0 Å². The van der Waals surface area contributed by atoms with Crippen LogP contribution in [0.25, 0.3) is 0 Å². The van der Waals surface area contributed by atoms with Crippen LogP contribution < -0.4 is 5.48 Å². The number of nitrogens with one attached hydrogen (secondary N) is 1. The molecule has 0 aromatic heterocycles. The summed E-state index contributed by atoms with van der Waals surface area (Å²) in [6, 6.07) is 0. The lowest BCUT2D eigenvalue weighted by molar-refractivity contribution is -0.0346. The lowest BCUT2D eigenvalue weighted by Gasteiger charge is -2.12. The Morgan fingerprint density at radius 1 is 1.55 bits per heavy atom. The molecule has 1 aliphatic carbocycles. The van der Waals surface area contributed by atoms with Crippen LogP contribution in [0.15, 0.2) is 0 Å². The van der Waals surface area contributed by atoms with E-state index in [0.717, 1.165) is 12.8 Å². The standard InChI is InChI=1S/C8H17NO2/c1-7(10)6-9-11-8-4-2-3-5-8/h7-10H,2-6H2,1H3/t7-/m0/s1. The first kappa shape index (κ1) is 8.97. The Hall–Kier alpha value is -0.120. The second-order valence-electron chi connectivity index (χ2n) is 3.22. The van der Waals surface area contributed by atoms with Gasteiger partial charge in [0.25, 0.3) is 0 Å². The molecule has 1 fully saturated rings. The molecule has 11 heavy (non-hydrogen) atoms. The van der Waals surface area contributed by atoms with Crippen LogP contribution in [0.2, 0.25) is 0 Å². The van der Waals surface area contributed by atoms with Gasteiger partial charge in [0.05, 0.1) is 12.2 Å².